The molecule has 0 N–H and O–H groups in total. The lowest BCUT2D eigenvalue weighted by Gasteiger charge is -2.50. The van der Waals surface area contributed by atoms with Crippen LogP contribution < -0.4 is 14.2 Å². The molecular weight excluding hydrogens is 1190 g/mol. The second-order valence-corrected chi connectivity index (χ2v) is 34.0. The fraction of sp³-hybridized carbons (Fsp3) is 0.667. The first-order valence-electron chi connectivity index (χ1n) is 32.8. The van der Waals surface area contributed by atoms with Gasteiger partial charge in [0, 0.05) is 55.6 Å². The van der Waals surface area contributed by atoms with Gasteiger partial charge in [-0.2, -0.15) is 15.8 Å². The second-order valence-electron chi connectivity index (χ2n) is 32.3. The highest BCUT2D eigenvalue weighted by Crippen LogP contribution is 2.57. The van der Waals surface area contributed by atoms with E-state index in [2.05, 4.69) is 18.2 Å². The maximum absolute atomic E-state index is 15.8. The summed E-state index contributed by atoms with van der Waals surface area (Å²) in [6, 6.07) is 21.1. The smallest absolute Gasteiger partial charge is 0.474 e. The molecule has 3 aromatic rings. The van der Waals surface area contributed by atoms with Gasteiger partial charge >= 0.3 is 7.82 Å². The van der Waals surface area contributed by atoms with E-state index in [0.29, 0.717) is 111 Å². The maximum atomic E-state index is 15.8. The number of carbonyl (C=O) groups is 3. The van der Waals surface area contributed by atoms with Crippen molar-refractivity contribution in [2.45, 2.75) is 252 Å². The molecule has 3 fully saturated rings. The Morgan fingerprint density at radius 3 is 0.924 bits per heavy atom. The monoisotopic (exact) mass is 1290 g/mol. The Bertz CT molecular complexity index is 3120. The molecule has 3 aromatic carbocycles. The number of phosphoric ester groups is 1. The highest BCUT2D eigenvalue weighted by molar-refractivity contribution is 7.48. The third kappa shape index (κ3) is 15.7. The number of benzene rings is 3. The minimum absolute atomic E-state index is 0.0119. The number of likely N-dealkylation sites (tertiary alicyclic amines) is 3. The molecule has 0 aliphatic carbocycles. The SMILES string of the molecule is CC(C)(COP(=O)(OCC(C)(C)CC(C)(C)O[C@H]1[C@H](N2CCCC2=O)c2cc(C#N)ccc2OC1(C)C)OCC(C)(C)CC(C)(C)O[C@H]1[C@H](N2CCCC2=O)c2cc(C#N)ccc2OC1(C)C)CC(C)(C)O[C@H]1[C@H](N2CCCC2=O)c2cc(C#N)ccc2OC1(C)C. The number of fused-ring (bicyclic) bond motifs is 3. The summed E-state index contributed by atoms with van der Waals surface area (Å²) in [5.41, 5.74) is -4.11. The Morgan fingerprint density at radius 2 is 0.707 bits per heavy atom. The van der Waals surface area contributed by atoms with Gasteiger partial charge in [-0.3, -0.25) is 28.0 Å². The summed E-state index contributed by atoms with van der Waals surface area (Å²) >= 11 is 0. The lowest BCUT2D eigenvalue weighted by Crippen LogP contribution is -2.57. The van der Waals surface area contributed by atoms with Crippen LogP contribution in [-0.4, -0.2) is 124 Å². The van der Waals surface area contributed by atoms with Gasteiger partial charge in [0.15, 0.2) is 0 Å². The molecule has 6 heterocycles. The topological polar surface area (TPSA) is 232 Å². The number of phosphoric acid groups is 1. The van der Waals surface area contributed by atoms with Crippen LogP contribution in [0.4, 0.5) is 0 Å². The molecule has 92 heavy (non-hydrogen) atoms. The molecule has 20 heteroatoms. The van der Waals surface area contributed by atoms with Gasteiger partial charge in [-0.05, 0) is 192 Å². The van der Waals surface area contributed by atoms with Crippen LogP contribution in [0.15, 0.2) is 54.6 Å². The summed E-state index contributed by atoms with van der Waals surface area (Å²) in [6.45, 7) is 37.1. The normalized spacial score (nSPS) is 24.0. The number of nitrogens with zero attached hydrogens (tertiary/aromatic N) is 6. The van der Waals surface area contributed by atoms with E-state index in [0.717, 1.165) is 16.7 Å². The molecule has 6 atom stereocenters. The van der Waals surface area contributed by atoms with E-state index in [1.54, 1.807) is 54.6 Å². The van der Waals surface area contributed by atoms with Crippen LogP contribution in [0, 0.1) is 50.2 Å². The van der Waals surface area contributed by atoms with E-state index in [9.17, 15) is 30.2 Å². The Kier molecular flexibility index (Phi) is 19.5. The molecule has 6 aliphatic heterocycles. The van der Waals surface area contributed by atoms with Gasteiger partial charge in [0.05, 0.1) is 89.6 Å². The van der Waals surface area contributed by atoms with Gasteiger partial charge in [-0.1, -0.05) is 41.5 Å². The first-order chi connectivity index (χ1) is 42.6. The number of hydrogen-bond donors (Lipinski definition) is 0. The van der Waals surface area contributed by atoms with Gasteiger partial charge < -0.3 is 43.1 Å². The molecule has 0 unspecified atom stereocenters. The molecule has 19 nitrogen and oxygen atoms in total. The summed E-state index contributed by atoms with van der Waals surface area (Å²) in [5.74, 6) is 1.83. The Hall–Kier alpha value is -6.07. The fourth-order valence-corrected chi connectivity index (χ4v) is 17.4. The molecular formula is C72H99N6O13P. The van der Waals surface area contributed by atoms with Crippen LogP contribution in [0.3, 0.4) is 0 Å². The van der Waals surface area contributed by atoms with E-state index in [1.165, 1.54) is 0 Å². The van der Waals surface area contributed by atoms with Gasteiger partial charge in [0.25, 0.3) is 0 Å². The summed E-state index contributed by atoms with van der Waals surface area (Å²) in [5, 5.41) is 29.9. The largest absolute Gasteiger partial charge is 0.485 e. The quantitative estimate of drug-likeness (QED) is 0.0759. The Morgan fingerprint density at radius 1 is 0.457 bits per heavy atom. The van der Waals surface area contributed by atoms with E-state index in [4.69, 9.17) is 42.0 Å². The highest BCUT2D eigenvalue weighted by Gasteiger charge is 2.56. The number of ether oxygens (including phenoxy) is 6. The predicted octanol–water partition coefficient (Wildman–Crippen LogP) is 14.1. The summed E-state index contributed by atoms with van der Waals surface area (Å²) in [6.07, 6.45) is 2.53. The van der Waals surface area contributed by atoms with Crippen LogP contribution in [0.2, 0.25) is 0 Å². The number of nitriles is 3. The molecule has 500 valence electrons. The molecule has 0 spiro atoms. The Balaban J connectivity index is 0.960. The summed E-state index contributed by atoms with van der Waals surface area (Å²) < 4.78 is 77.3. The lowest BCUT2D eigenvalue weighted by molar-refractivity contribution is -0.192. The van der Waals surface area contributed by atoms with Crippen molar-refractivity contribution < 1.29 is 60.9 Å². The zero-order valence-electron chi connectivity index (χ0n) is 57.7. The van der Waals surface area contributed by atoms with E-state index < -0.39 is 94.1 Å². The summed E-state index contributed by atoms with van der Waals surface area (Å²) in [7, 11) is -4.49. The highest BCUT2D eigenvalue weighted by atomic mass is 31.2. The van der Waals surface area contributed by atoms with Crippen LogP contribution in [-0.2, 0) is 46.7 Å². The van der Waals surface area contributed by atoms with Crippen molar-refractivity contribution in [3.8, 4) is 35.5 Å². The van der Waals surface area contributed by atoms with Crippen molar-refractivity contribution >= 4 is 25.5 Å². The number of carbonyl (C=O) groups excluding carboxylic acids is 3. The van der Waals surface area contributed by atoms with Crippen LogP contribution in [0.1, 0.15) is 234 Å². The van der Waals surface area contributed by atoms with Crippen LogP contribution in [0.5, 0.6) is 17.2 Å². The van der Waals surface area contributed by atoms with Crippen molar-refractivity contribution in [3.63, 3.8) is 0 Å². The molecule has 0 bridgehead atoms. The average molecular weight is 1290 g/mol. The molecule has 9 rings (SSSR count). The zero-order chi connectivity index (χ0) is 67.6. The third-order valence-electron chi connectivity index (χ3n) is 18.6. The number of rotatable bonds is 24. The van der Waals surface area contributed by atoms with Gasteiger partial charge in [-0.15, -0.1) is 0 Å². The molecule has 3 saturated heterocycles. The number of amides is 3. The molecule has 0 aromatic heterocycles. The maximum Gasteiger partial charge on any atom is 0.474 e. The van der Waals surface area contributed by atoms with Crippen molar-refractivity contribution in [1.29, 1.82) is 15.8 Å². The van der Waals surface area contributed by atoms with Crippen LogP contribution >= 0.6 is 7.82 Å². The van der Waals surface area contributed by atoms with E-state index in [1.807, 2.05) is 139 Å². The van der Waals surface area contributed by atoms with Crippen LogP contribution in [0.25, 0.3) is 0 Å². The minimum atomic E-state index is -4.49. The average Bonchev–Trinajstić information content (AvgIpc) is 1.10. The lowest BCUT2D eigenvalue weighted by atomic mass is 9.80. The minimum Gasteiger partial charge on any atom is -0.485 e. The standard InChI is InChI=1S/C72H99N6O13P/c1-64(2,40-67(7,8)89-61-58(76-31-19-22-55(76)79)49-34-46(37-73)25-28-52(49)86-70(61,13)14)43-83-92(82,84-44-65(3,4)41-68(9,10)90-62-59(77-32-20-23-56(77)80)50-35-47(38-74)26-29-53(50)87-71(62,15)16)85-45-66(5,6)42-69(11,12)91-63-60(78-33-21-24-57(78)81)51-36-48(39-75)27-30-54(51)88-72(63,17)18/h25-30,34-36,58-63H,19-24,31-33,40-45H2,1-18H3/t58-,59-,60-,61+,62+,63+/m1/s1. The van der Waals surface area contributed by atoms with Crippen molar-refractivity contribution in [2.75, 3.05) is 39.5 Å². The predicted molar refractivity (Wildman–Crippen MR) is 346 cm³/mol. The molecule has 0 radical (unpaired) electrons. The Labute approximate surface area is 546 Å². The van der Waals surface area contributed by atoms with E-state index >= 15 is 4.57 Å². The zero-order valence-corrected chi connectivity index (χ0v) is 58.6. The number of hydrogen-bond acceptors (Lipinski definition) is 16. The van der Waals surface area contributed by atoms with Crippen molar-refractivity contribution in [1.82, 2.24) is 14.7 Å². The first-order valence-corrected chi connectivity index (χ1v) is 34.2. The van der Waals surface area contributed by atoms with Gasteiger partial charge in [-0.25, -0.2) is 4.57 Å². The third-order valence-corrected chi connectivity index (χ3v) is 20.0. The first kappa shape index (κ1) is 70.3. The van der Waals surface area contributed by atoms with Crippen molar-refractivity contribution in [3.05, 3.63) is 88.0 Å². The second kappa shape index (κ2) is 25.6. The van der Waals surface area contributed by atoms with Gasteiger partial charge in [0.1, 0.15) is 52.4 Å². The molecule has 0 saturated carbocycles. The summed E-state index contributed by atoms with van der Waals surface area (Å²) in [4.78, 5) is 46.5. The van der Waals surface area contributed by atoms with Crippen molar-refractivity contribution in [2.24, 2.45) is 16.2 Å². The van der Waals surface area contributed by atoms with E-state index in [-0.39, 0.29) is 37.5 Å². The fourth-order valence-electron chi connectivity index (χ4n) is 15.6. The van der Waals surface area contributed by atoms with Gasteiger partial charge in [0.2, 0.25) is 17.7 Å². The molecule has 3 amide bonds. The molecule has 6 aliphatic rings.